The van der Waals surface area contributed by atoms with E-state index >= 15 is 0 Å². The predicted molar refractivity (Wildman–Crippen MR) is 118 cm³/mol. The highest BCUT2D eigenvalue weighted by molar-refractivity contribution is 8.01. The van der Waals surface area contributed by atoms with Crippen molar-refractivity contribution in [1.29, 1.82) is 0 Å². The van der Waals surface area contributed by atoms with Crippen molar-refractivity contribution in [2.45, 2.75) is 35.9 Å². The maximum Gasteiger partial charge on any atom is 0.227 e. The molecule has 4 rings (SSSR count). The van der Waals surface area contributed by atoms with Gasteiger partial charge >= 0.3 is 0 Å². The van der Waals surface area contributed by atoms with Crippen LogP contribution in [0.4, 0.5) is 11.6 Å². The Labute approximate surface area is 178 Å². The molecule has 8 heteroatoms. The lowest BCUT2D eigenvalue weighted by Crippen LogP contribution is -2.39. The topological polar surface area (TPSA) is 71.0 Å². The quantitative estimate of drug-likeness (QED) is 0.646. The van der Waals surface area contributed by atoms with Crippen molar-refractivity contribution in [1.82, 2.24) is 15.0 Å². The van der Waals surface area contributed by atoms with Crippen molar-refractivity contribution in [3.63, 3.8) is 0 Å². The van der Waals surface area contributed by atoms with E-state index < -0.39 is 0 Å². The number of carbonyl (C=O) groups excluding carboxylic acids is 1. The first-order valence-corrected chi connectivity index (χ1v) is 11.3. The molecular formula is C21H23N5OS2. The second kappa shape index (κ2) is 8.92. The van der Waals surface area contributed by atoms with Crippen molar-refractivity contribution < 1.29 is 4.79 Å². The molecule has 0 radical (unpaired) electrons. The van der Waals surface area contributed by atoms with E-state index in [1.807, 2.05) is 32.0 Å². The Morgan fingerprint density at radius 3 is 2.62 bits per heavy atom. The standard InChI is InChI=1S/C21H23N5OS2/c1-14-12-17(29-21-24-15(2)13-28-21)4-5-18(14)25-19(27)16-6-10-26(11-7-16)20-22-8-3-9-23-20/h3-5,8-9,12-13,16H,6-7,10-11H2,1-2H3,(H,25,27). The number of nitrogens with one attached hydrogen (secondary N) is 1. The lowest BCUT2D eigenvalue weighted by Gasteiger charge is -2.31. The number of piperidine rings is 1. The third kappa shape index (κ3) is 4.94. The van der Waals surface area contributed by atoms with Gasteiger partial charge in [-0.05, 0) is 56.5 Å². The van der Waals surface area contributed by atoms with Crippen LogP contribution in [0.5, 0.6) is 0 Å². The molecule has 1 aromatic carbocycles. The molecule has 1 aliphatic rings. The molecule has 29 heavy (non-hydrogen) atoms. The van der Waals surface area contributed by atoms with E-state index in [2.05, 4.69) is 36.6 Å². The van der Waals surface area contributed by atoms with Crippen molar-refractivity contribution in [3.8, 4) is 0 Å². The van der Waals surface area contributed by atoms with E-state index in [4.69, 9.17) is 0 Å². The predicted octanol–water partition coefficient (Wildman–Crippen LogP) is 4.56. The molecule has 0 unspecified atom stereocenters. The average Bonchev–Trinajstić information content (AvgIpc) is 3.15. The highest BCUT2D eigenvalue weighted by Crippen LogP contribution is 2.32. The van der Waals surface area contributed by atoms with Crippen LogP contribution in [0.2, 0.25) is 0 Å². The molecule has 1 N–H and O–H groups in total. The summed E-state index contributed by atoms with van der Waals surface area (Å²) in [4.78, 5) is 29.1. The average molecular weight is 426 g/mol. The van der Waals surface area contributed by atoms with Gasteiger partial charge in [0.05, 0.1) is 0 Å². The maximum absolute atomic E-state index is 12.8. The van der Waals surface area contributed by atoms with Gasteiger partial charge in [0, 0.05) is 53.1 Å². The second-order valence-corrected chi connectivity index (χ2v) is 9.31. The number of nitrogens with zero attached hydrogens (tertiary/aromatic N) is 4. The van der Waals surface area contributed by atoms with Crippen LogP contribution in [-0.2, 0) is 4.79 Å². The van der Waals surface area contributed by atoms with Gasteiger partial charge in [-0.2, -0.15) is 0 Å². The van der Waals surface area contributed by atoms with E-state index in [9.17, 15) is 4.79 Å². The number of benzene rings is 1. The fourth-order valence-corrected chi connectivity index (χ4v) is 5.26. The van der Waals surface area contributed by atoms with Crippen molar-refractivity contribution in [2.24, 2.45) is 5.92 Å². The van der Waals surface area contributed by atoms with E-state index in [0.29, 0.717) is 0 Å². The van der Waals surface area contributed by atoms with E-state index in [1.54, 1.807) is 35.5 Å². The highest BCUT2D eigenvalue weighted by Gasteiger charge is 2.26. The van der Waals surface area contributed by atoms with Crippen LogP contribution in [0.3, 0.4) is 0 Å². The summed E-state index contributed by atoms with van der Waals surface area (Å²) in [6.45, 7) is 5.62. The third-order valence-electron chi connectivity index (χ3n) is 4.96. The summed E-state index contributed by atoms with van der Waals surface area (Å²) >= 11 is 3.31. The molecule has 6 nitrogen and oxygen atoms in total. The minimum absolute atomic E-state index is 0.0155. The molecule has 0 saturated carbocycles. The molecule has 0 bridgehead atoms. The molecule has 0 aliphatic carbocycles. The Bertz CT molecular complexity index is 984. The van der Waals surface area contributed by atoms with Crippen LogP contribution < -0.4 is 10.2 Å². The van der Waals surface area contributed by atoms with E-state index in [0.717, 1.165) is 58.1 Å². The molecule has 1 saturated heterocycles. The van der Waals surface area contributed by atoms with Gasteiger partial charge in [0.1, 0.15) is 0 Å². The van der Waals surface area contributed by atoms with Gasteiger partial charge in [0.2, 0.25) is 11.9 Å². The first-order valence-electron chi connectivity index (χ1n) is 9.62. The fourth-order valence-electron chi connectivity index (χ4n) is 3.35. The number of rotatable bonds is 5. The Morgan fingerprint density at radius 2 is 1.97 bits per heavy atom. The summed E-state index contributed by atoms with van der Waals surface area (Å²) in [7, 11) is 0. The number of hydrogen-bond donors (Lipinski definition) is 1. The number of aryl methyl sites for hydroxylation is 2. The van der Waals surface area contributed by atoms with Crippen LogP contribution in [0, 0.1) is 19.8 Å². The minimum atomic E-state index is 0.0155. The smallest absolute Gasteiger partial charge is 0.227 e. The Morgan fingerprint density at radius 1 is 1.21 bits per heavy atom. The SMILES string of the molecule is Cc1csc(Sc2ccc(NC(=O)C3CCN(c4ncccn4)CC3)c(C)c2)n1. The third-order valence-corrected chi connectivity index (χ3v) is 7.01. The summed E-state index contributed by atoms with van der Waals surface area (Å²) in [5.41, 5.74) is 2.98. The van der Waals surface area contributed by atoms with Crippen molar-refractivity contribution in [3.05, 3.63) is 53.3 Å². The van der Waals surface area contributed by atoms with Crippen LogP contribution in [0.25, 0.3) is 0 Å². The number of anilines is 2. The number of aromatic nitrogens is 3. The zero-order valence-electron chi connectivity index (χ0n) is 16.5. The summed E-state index contributed by atoms with van der Waals surface area (Å²) < 4.78 is 1.04. The van der Waals surface area contributed by atoms with Crippen molar-refractivity contribution in [2.75, 3.05) is 23.3 Å². The molecule has 1 amide bonds. The number of carbonyl (C=O) groups is 1. The van der Waals surface area contributed by atoms with Crippen LogP contribution in [0.15, 0.2) is 51.3 Å². The first-order chi connectivity index (χ1) is 14.1. The van der Waals surface area contributed by atoms with Gasteiger partial charge in [-0.25, -0.2) is 15.0 Å². The Kier molecular flexibility index (Phi) is 6.10. The van der Waals surface area contributed by atoms with Gasteiger partial charge in [0.15, 0.2) is 4.34 Å². The van der Waals surface area contributed by atoms with Gasteiger partial charge in [0.25, 0.3) is 0 Å². The largest absolute Gasteiger partial charge is 0.341 e. The number of hydrogen-bond acceptors (Lipinski definition) is 7. The highest BCUT2D eigenvalue weighted by atomic mass is 32.2. The molecule has 0 spiro atoms. The molecule has 1 fully saturated rings. The summed E-state index contributed by atoms with van der Waals surface area (Å²) in [5.74, 6) is 0.852. The van der Waals surface area contributed by atoms with Crippen LogP contribution in [0.1, 0.15) is 24.1 Å². The number of thiazole rings is 1. The lowest BCUT2D eigenvalue weighted by atomic mass is 9.96. The molecule has 3 aromatic rings. The molecule has 150 valence electrons. The fraction of sp³-hybridized carbons (Fsp3) is 0.333. The van der Waals surface area contributed by atoms with E-state index in [1.165, 1.54) is 0 Å². The zero-order valence-corrected chi connectivity index (χ0v) is 18.1. The normalized spacial score (nSPS) is 14.8. The minimum Gasteiger partial charge on any atom is -0.341 e. The van der Waals surface area contributed by atoms with Crippen LogP contribution >= 0.6 is 23.1 Å². The summed E-state index contributed by atoms with van der Waals surface area (Å²) in [5, 5.41) is 5.17. The molecule has 0 atom stereocenters. The van der Waals surface area contributed by atoms with Gasteiger partial charge < -0.3 is 10.2 Å². The van der Waals surface area contributed by atoms with Gasteiger partial charge in [-0.15, -0.1) is 11.3 Å². The molecule has 1 aliphatic heterocycles. The van der Waals surface area contributed by atoms with Gasteiger partial charge in [-0.1, -0.05) is 11.8 Å². The van der Waals surface area contributed by atoms with Crippen molar-refractivity contribution >= 4 is 40.6 Å². The molecule has 2 aromatic heterocycles. The molecule has 3 heterocycles. The second-order valence-electron chi connectivity index (χ2n) is 7.13. The Balaban J connectivity index is 1.34. The number of amides is 1. The Hall–Kier alpha value is -2.45. The molecular weight excluding hydrogens is 402 g/mol. The summed E-state index contributed by atoms with van der Waals surface area (Å²) in [6.07, 6.45) is 5.12. The monoisotopic (exact) mass is 425 g/mol. The zero-order chi connectivity index (χ0) is 20.2. The lowest BCUT2D eigenvalue weighted by molar-refractivity contribution is -0.120. The summed E-state index contributed by atoms with van der Waals surface area (Å²) in [6, 6.07) is 7.95. The van der Waals surface area contributed by atoms with E-state index in [-0.39, 0.29) is 11.8 Å². The maximum atomic E-state index is 12.8. The first kappa shape index (κ1) is 19.8. The van der Waals surface area contributed by atoms with Gasteiger partial charge in [-0.3, -0.25) is 4.79 Å². The van der Waals surface area contributed by atoms with Crippen LogP contribution in [-0.4, -0.2) is 33.9 Å².